The molecule has 0 aromatic heterocycles. The molecule has 7 N–H and O–H groups in total. The van der Waals surface area contributed by atoms with Gasteiger partial charge in [-0.3, -0.25) is 9.59 Å². The van der Waals surface area contributed by atoms with Crippen LogP contribution in [0.5, 0.6) is 0 Å². The Labute approximate surface area is 135 Å². The van der Waals surface area contributed by atoms with Crippen molar-refractivity contribution in [2.75, 3.05) is 13.1 Å². The van der Waals surface area contributed by atoms with Crippen LogP contribution in [0.25, 0.3) is 0 Å². The molecule has 0 saturated carbocycles. The SMILES string of the molecule is NCCCCC(N)C(=O)O.O=C(O)C1NCCc2ccccc21. The number of rotatable bonds is 6. The summed E-state index contributed by atoms with van der Waals surface area (Å²) in [7, 11) is 0. The first-order chi connectivity index (χ1) is 11.0. The third-order valence-corrected chi connectivity index (χ3v) is 3.64. The summed E-state index contributed by atoms with van der Waals surface area (Å²) in [6.45, 7) is 1.35. The number of hydrogen-bond acceptors (Lipinski definition) is 5. The molecule has 1 aliphatic rings. The lowest BCUT2D eigenvalue weighted by atomic mass is 9.95. The number of carbonyl (C=O) groups is 2. The van der Waals surface area contributed by atoms with Gasteiger partial charge in [-0.05, 0) is 36.9 Å². The first-order valence-corrected chi connectivity index (χ1v) is 7.69. The average molecular weight is 323 g/mol. The third kappa shape index (κ3) is 6.35. The van der Waals surface area contributed by atoms with Crippen molar-refractivity contribution in [3.63, 3.8) is 0 Å². The minimum atomic E-state index is -0.933. The maximum atomic E-state index is 10.9. The van der Waals surface area contributed by atoms with Crippen LogP contribution >= 0.6 is 0 Å². The van der Waals surface area contributed by atoms with Gasteiger partial charge in [-0.25, -0.2) is 0 Å². The smallest absolute Gasteiger partial charge is 0.325 e. The van der Waals surface area contributed by atoms with E-state index in [0.29, 0.717) is 13.0 Å². The summed E-state index contributed by atoms with van der Waals surface area (Å²) in [5.74, 6) is -1.73. The maximum absolute atomic E-state index is 10.9. The highest BCUT2D eigenvalue weighted by Gasteiger charge is 2.24. The molecule has 2 rings (SSSR count). The number of aliphatic carboxylic acids is 2. The highest BCUT2D eigenvalue weighted by molar-refractivity contribution is 5.76. The van der Waals surface area contributed by atoms with Gasteiger partial charge in [-0.15, -0.1) is 0 Å². The van der Waals surface area contributed by atoms with Gasteiger partial charge in [0, 0.05) is 6.54 Å². The molecule has 0 saturated heterocycles. The van der Waals surface area contributed by atoms with E-state index >= 15 is 0 Å². The Hall–Kier alpha value is -1.96. The number of carboxylic acid groups (broad SMARTS) is 2. The quantitative estimate of drug-likeness (QED) is 0.480. The summed E-state index contributed by atoms with van der Waals surface area (Å²) in [4.78, 5) is 21.0. The summed E-state index contributed by atoms with van der Waals surface area (Å²) in [6.07, 6.45) is 3.08. The number of unbranched alkanes of at least 4 members (excludes halogenated alkanes) is 1. The van der Waals surface area contributed by atoms with Crippen molar-refractivity contribution in [1.82, 2.24) is 5.32 Å². The zero-order valence-corrected chi connectivity index (χ0v) is 13.1. The Morgan fingerprint density at radius 2 is 1.96 bits per heavy atom. The normalized spacial score (nSPS) is 17.4. The van der Waals surface area contributed by atoms with E-state index in [4.69, 9.17) is 21.7 Å². The average Bonchev–Trinajstić information content (AvgIpc) is 2.54. The summed E-state index contributed by atoms with van der Waals surface area (Å²) in [5.41, 5.74) is 12.5. The molecule has 0 amide bonds. The van der Waals surface area contributed by atoms with E-state index in [1.165, 1.54) is 0 Å². The fourth-order valence-electron chi connectivity index (χ4n) is 2.36. The number of hydrogen-bond donors (Lipinski definition) is 5. The van der Waals surface area contributed by atoms with Crippen molar-refractivity contribution in [2.45, 2.75) is 37.8 Å². The standard InChI is InChI=1S/C10H11NO2.C6H14N2O2/c12-10(13)9-8-4-2-1-3-7(8)5-6-11-9;7-4-2-1-3-5(8)6(9)10/h1-4,9,11H,5-6H2,(H,12,13);5H,1-4,7-8H2,(H,9,10). The van der Waals surface area contributed by atoms with Gasteiger partial charge in [0.2, 0.25) is 0 Å². The second-order valence-electron chi connectivity index (χ2n) is 5.40. The van der Waals surface area contributed by atoms with Crippen LogP contribution in [0.1, 0.15) is 36.4 Å². The second kappa shape index (κ2) is 9.94. The van der Waals surface area contributed by atoms with Gasteiger partial charge in [-0.1, -0.05) is 30.7 Å². The van der Waals surface area contributed by atoms with Crippen LogP contribution < -0.4 is 16.8 Å². The highest BCUT2D eigenvalue weighted by Crippen LogP contribution is 2.22. The van der Waals surface area contributed by atoms with Crippen molar-refractivity contribution in [3.8, 4) is 0 Å². The second-order valence-corrected chi connectivity index (χ2v) is 5.40. The number of fused-ring (bicyclic) bond motifs is 1. The van der Waals surface area contributed by atoms with Crippen molar-refractivity contribution in [1.29, 1.82) is 0 Å². The molecule has 23 heavy (non-hydrogen) atoms. The van der Waals surface area contributed by atoms with Crippen LogP contribution in [-0.2, 0) is 16.0 Å². The highest BCUT2D eigenvalue weighted by atomic mass is 16.4. The Morgan fingerprint density at radius 3 is 2.57 bits per heavy atom. The molecular weight excluding hydrogens is 298 g/mol. The predicted molar refractivity (Wildman–Crippen MR) is 87.0 cm³/mol. The van der Waals surface area contributed by atoms with E-state index in [1.807, 2.05) is 24.3 Å². The molecule has 1 aromatic carbocycles. The molecule has 0 spiro atoms. The monoisotopic (exact) mass is 323 g/mol. The summed E-state index contributed by atoms with van der Waals surface area (Å²) in [6, 6.07) is 6.45. The van der Waals surface area contributed by atoms with Crippen molar-refractivity contribution < 1.29 is 19.8 Å². The first kappa shape index (κ1) is 19.1. The van der Waals surface area contributed by atoms with E-state index in [1.54, 1.807) is 0 Å². The molecule has 1 aromatic rings. The lowest BCUT2D eigenvalue weighted by molar-refractivity contribution is -0.140. The number of nitrogens with two attached hydrogens (primary N) is 2. The van der Waals surface area contributed by atoms with Crippen molar-refractivity contribution in [3.05, 3.63) is 35.4 Å². The molecule has 0 bridgehead atoms. The molecule has 128 valence electrons. The predicted octanol–water partition coefficient (Wildman–Crippen LogP) is 0.485. The molecule has 1 aliphatic heterocycles. The molecule has 7 heteroatoms. The maximum Gasteiger partial charge on any atom is 0.325 e. The minimum Gasteiger partial charge on any atom is -0.480 e. The van der Waals surface area contributed by atoms with Crippen LogP contribution in [-0.4, -0.2) is 41.3 Å². The summed E-state index contributed by atoms with van der Waals surface area (Å²) >= 11 is 0. The van der Waals surface area contributed by atoms with Gasteiger partial charge in [-0.2, -0.15) is 0 Å². The molecule has 7 nitrogen and oxygen atoms in total. The summed E-state index contributed by atoms with van der Waals surface area (Å²) < 4.78 is 0. The van der Waals surface area contributed by atoms with Crippen molar-refractivity contribution in [2.24, 2.45) is 11.5 Å². The summed E-state index contributed by atoms with van der Waals surface area (Å²) in [5, 5.41) is 20.2. The van der Waals surface area contributed by atoms with Gasteiger partial charge in [0.15, 0.2) is 0 Å². The first-order valence-electron chi connectivity index (χ1n) is 7.69. The van der Waals surface area contributed by atoms with E-state index in [-0.39, 0.29) is 0 Å². The Morgan fingerprint density at radius 1 is 1.26 bits per heavy atom. The number of carboxylic acids is 2. The van der Waals surface area contributed by atoms with Gasteiger partial charge in [0.05, 0.1) is 0 Å². The lowest BCUT2D eigenvalue weighted by Gasteiger charge is -2.23. The van der Waals surface area contributed by atoms with Crippen LogP contribution in [0.15, 0.2) is 24.3 Å². The zero-order valence-electron chi connectivity index (χ0n) is 13.1. The molecule has 0 fully saturated rings. The largest absolute Gasteiger partial charge is 0.480 e. The minimum absolute atomic E-state index is 0.520. The van der Waals surface area contributed by atoms with Gasteiger partial charge < -0.3 is 27.0 Å². The van der Waals surface area contributed by atoms with E-state index in [9.17, 15) is 9.59 Å². The van der Waals surface area contributed by atoms with Gasteiger partial charge in [0.1, 0.15) is 12.1 Å². The third-order valence-electron chi connectivity index (χ3n) is 3.64. The molecule has 2 unspecified atom stereocenters. The molecular formula is C16H25N3O4. The number of nitrogens with one attached hydrogen (secondary N) is 1. The van der Waals surface area contributed by atoms with Crippen LogP contribution in [0, 0.1) is 0 Å². The zero-order chi connectivity index (χ0) is 17.2. The van der Waals surface area contributed by atoms with Crippen LogP contribution in [0.4, 0.5) is 0 Å². The lowest BCUT2D eigenvalue weighted by Crippen LogP contribution is -2.34. The number of benzene rings is 1. The van der Waals surface area contributed by atoms with E-state index in [2.05, 4.69) is 5.32 Å². The Bertz CT molecular complexity index is 522. The fourth-order valence-corrected chi connectivity index (χ4v) is 2.36. The molecule has 2 atom stereocenters. The van der Waals surface area contributed by atoms with E-state index in [0.717, 1.165) is 36.9 Å². The Balaban J connectivity index is 0.000000241. The van der Waals surface area contributed by atoms with Crippen LogP contribution in [0.3, 0.4) is 0 Å². The van der Waals surface area contributed by atoms with Gasteiger partial charge in [0.25, 0.3) is 0 Å². The Kier molecular flexibility index (Phi) is 8.25. The van der Waals surface area contributed by atoms with Crippen molar-refractivity contribution >= 4 is 11.9 Å². The topological polar surface area (TPSA) is 139 Å². The van der Waals surface area contributed by atoms with Crippen LogP contribution in [0.2, 0.25) is 0 Å². The molecule has 0 radical (unpaired) electrons. The molecule has 0 aliphatic carbocycles. The van der Waals surface area contributed by atoms with E-state index < -0.39 is 24.0 Å². The molecule has 1 heterocycles. The van der Waals surface area contributed by atoms with Gasteiger partial charge >= 0.3 is 11.9 Å². The fraction of sp³-hybridized carbons (Fsp3) is 0.500.